The molecule has 0 aromatic carbocycles. The summed E-state index contributed by atoms with van der Waals surface area (Å²) in [5.41, 5.74) is 0. The van der Waals surface area contributed by atoms with Gasteiger partial charge < -0.3 is 34.2 Å². The number of esters is 3. The van der Waals surface area contributed by atoms with Gasteiger partial charge in [-0.1, -0.05) is 307 Å². The number of rotatable bonds is 76. The van der Waals surface area contributed by atoms with Gasteiger partial charge in [-0.2, -0.15) is 0 Å². The molecule has 0 fully saturated rings. The summed E-state index contributed by atoms with van der Waals surface area (Å²) in [4.78, 5) is 58.7. The van der Waals surface area contributed by atoms with Gasteiger partial charge in [0.2, 0.25) is 0 Å². The highest BCUT2D eigenvalue weighted by atomic mass is 31.2. The van der Waals surface area contributed by atoms with E-state index in [1.54, 1.807) is 0 Å². The van der Waals surface area contributed by atoms with Crippen molar-refractivity contribution in [2.24, 2.45) is 0 Å². The number of phosphoric acid groups is 2. The van der Waals surface area contributed by atoms with E-state index >= 15 is 0 Å². The molecule has 0 amide bonds. The highest BCUT2D eigenvalue weighted by Gasteiger charge is 2.29. The molecule has 5 unspecified atom stereocenters. The summed E-state index contributed by atoms with van der Waals surface area (Å²) in [6.45, 7) is 2.39. The molecule has 0 aliphatic heterocycles. The Balaban J connectivity index is 4.60. The number of allylic oxidation sites excluding steroid dienone is 26. The summed E-state index contributed by atoms with van der Waals surface area (Å²) in [6, 6.07) is 0. The number of aliphatic hydroxyl groups excluding tert-OH is 2. The summed E-state index contributed by atoms with van der Waals surface area (Å²) >= 11 is 0. The first-order chi connectivity index (χ1) is 51.2. The molecule has 0 aromatic heterocycles. The molecular weight excluding hydrogens is 1360 g/mol. The molecule has 0 bridgehead atoms. The van der Waals surface area contributed by atoms with Crippen molar-refractivity contribution in [2.75, 3.05) is 39.6 Å². The van der Waals surface area contributed by atoms with Crippen molar-refractivity contribution in [1.29, 1.82) is 0 Å². The molecule has 0 heterocycles. The van der Waals surface area contributed by atoms with E-state index in [1.165, 1.54) is 83.5 Å². The lowest BCUT2D eigenvalue weighted by Gasteiger charge is -2.21. The predicted octanol–water partition coefficient (Wildman–Crippen LogP) is 24.2. The van der Waals surface area contributed by atoms with Crippen molar-refractivity contribution in [2.45, 2.75) is 334 Å². The molecule has 0 saturated carbocycles. The number of carbonyl (C=O) groups is 3. The molecule has 0 aromatic rings. The zero-order valence-electron chi connectivity index (χ0n) is 65.6. The number of unbranched alkanes of at least 4 members (excludes halogenated alkanes) is 27. The highest BCUT2D eigenvalue weighted by molar-refractivity contribution is 7.47. The van der Waals surface area contributed by atoms with Crippen molar-refractivity contribution < 1.29 is 75.8 Å². The first-order valence-corrected chi connectivity index (χ1v) is 43.8. The molecule has 18 heteroatoms. The van der Waals surface area contributed by atoms with Crippen LogP contribution in [0.4, 0.5) is 0 Å². The Kier molecular flexibility index (Phi) is 75.1. The maximum Gasteiger partial charge on any atom is 0.472 e. The van der Waals surface area contributed by atoms with Gasteiger partial charge in [-0.3, -0.25) is 32.5 Å². The fourth-order valence-electron chi connectivity index (χ4n) is 10.6. The maximum atomic E-state index is 13.0. The molecule has 0 rings (SSSR count). The average Bonchev–Trinajstić information content (AvgIpc) is 0.913. The average molecular weight is 1510 g/mol. The van der Waals surface area contributed by atoms with Gasteiger partial charge in [-0.05, 0) is 148 Å². The van der Waals surface area contributed by atoms with Crippen LogP contribution in [-0.2, 0) is 55.8 Å². The summed E-state index contributed by atoms with van der Waals surface area (Å²) in [5, 5.41) is 20.7. The molecule has 4 N–H and O–H groups in total. The van der Waals surface area contributed by atoms with Gasteiger partial charge in [0, 0.05) is 19.3 Å². The van der Waals surface area contributed by atoms with Gasteiger partial charge in [-0.25, -0.2) is 9.13 Å². The van der Waals surface area contributed by atoms with Crippen LogP contribution in [0.1, 0.15) is 316 Å². The monoisotopic (exact) mass is 1510 g/mol. The molecule has 0 spiro atoms. The standard InChI is InChI=1S/C87H146O16P2/c1-4-7-10-13-16-19-22-25-28-31-33-35-37-38-39-40-41-42-44-46-47-50-52-55-58-61-64-67-70-73-85(90)97-76-82(88)77-99-104(93,94)100-78-83(89)79-101-105(95,96)102-81-84(103-87(92)75-72-69-66-63-60-57-54-49-30-27-24-21-18-15-12-9-6-3)80-98-86(91)74-71-68-65-62-59-56-53-51-48-45-43-36-34-32-29-26-23-20-17-14-11-8-5-2/h8-9,11-12,16-21,25-30,33-36,38-39,45,48,53,56,82-84,88-89H,4-7,10,13-15,22-24,31-32,37,40-44,46-47,49-52,54-55,57-81H2,1-3H3,(H,93,94)(H,95,96)/b11-8-,12-9-,19-16-,20-17-,21-18-,28-25-,29-26-,30-27-,35-33-,36-34-,39-38-,48-45-,56-53-. The minimum absolute atomic E-state index is 0.0820. The third-order valence-corrected chi connectivity index (χ3v) is 18.6. The molecule has 0 saturated heterocycles. The Morgan fingerprint density at radius 1 is 0.276 bits per heavy atom. The number of ether oxygens (including phenoxy) is 3. The van der Waals surface area contributed by atoms with Gasteiger partial charge in [0.15, 0.2) is 6.10 Å². The van der Waals surface area contributed by atoms with Crippen LogP contribution < -0.4 is 0 Å². The number of hydrogen-bond donors (Lipinski definition) is 4. The molecule has 0 radical (unpaired) electrons. The summed E-state index contributed by atoms with van der Waals surface area (Å²) in [7, 11) is -9.81. The van der Waals surface area contributed by atoms with Gasteiger partial charge in [-0.15, -0.1) is 0 Å². The Morgan fingerprint density at radius 2 is 0.505 bits per heavy atom. The lowest BCUT2D eigenvalue weighted by atomic mass is 10.0. The van der Waals surface area contributed by atoms with Crippen molar-refractivity contribution in [3.8, 4) is 0 Å². The van der Waals surface area contributed by atoms with Crippen molar-refractivity contribution in [3.63, 3.8) is 0 Å². The first kappa shape index (κ1) is 100. The summed E-state index contributed by atoms with van der Waals surface area (Å²) < 4.78 is 61.2. The molecule has 16 nitrogen and oxygen atoms in total. The van der Waals surface area contributed by atoms with Crippen LogP contribution in [0.15, 0.2) is 158 Å². The second kappa shape index (κ2) is 78.7. The van der Waals surface area contributed by atoms with Gasteiger partial charge >= 0.3 is 33.6 Å². The zero-order chi connectivity index (χ0) is 76.6. The van der Waals surface area contributed by atoms with E-state index in [0.29, 0.717) is 19.3 Å². The lowest BCUT2D eigenvalue weighted by Crippen LogP contribution is -2.30. The number of hydrogen-bond acceptors (Lipinski definition) is 14. The molecule has 105 heavy (non-hydrogen) atoms. The number of carbonyl (C=O) groups excluding carboxylic acids is 3. The second-order valence-electron chi connectivity index (χ2n) is 26.8. The second-order valence-corrected chi connectivity index (χ2v) is 29.7. The SMILES string of the molecule is CC/C=C\C/C=C\C/C=C\C/C=C\C/C=C\C/C=C\CCCCCCC(=O)OCC(COP(=O)(O)OCC(O)COP(=O)(O)OCC(O)COC(=O)CCCCCCCCCCCCCCC/C=C\C/C=C\C/C=C\C/C=C\CCCCC)OC(=O)CCCCCCCCC/C=C\C/C=C\C/C=C\CC. The highest BCUT2D eigenvalue weighted by Crippen LogP contribution is 2.45. The Labute approximate surface area is 638 Å². The van der Waals surface area contributed by atoms with E-state index in [9.17, 15) is 43.5 Å². The minimum atomic E-state index is -4.95. The van der Waals surface area contributed by atoms with E-state index < -0.39 is 91.5 Å². The van der Waals surface area contributed by atoms with Crippen molar-refractivity contribution in [1.82, 2.24) is 0 Å². The minimum Gasteiger partial charge on any atom is -0.463 e. The Bertz CT molecular complexity index is 2540. The van der Waals surface area contributed by atoms with Crippen LogP contribution in [-0.4, -0.2) is 95.9 Å². The van der Waals surface area contributed by atoms with Crippen LogP contribution in [0, 0.1) is 0 Å². The predicted molar refractivity (Wildman–Crippen MR) is 435 cm³/mol. The topological polar surface area (TPSA) is 231 Å². The Morgan fingerprint density at radius 3 is 0.800 bits per heavy atom. The number of phosphoric ester groups is 2. The third kappa shape index (κ3) is 80.0. The first-order valence-electron chi connectivity index (χ1n) is 40.8. The van der Waals surface area contributed by atoms with Crippen LogP contribution in [0.25, 0.3) is 0 Å². The smallest absolute Gasteiger partial charge is 0.463 e. The van der Waals surface area contributed by atoms with E-state index in [4.69, 9.17) is 32.3 Å². The molecular formula is C87H146O16P2. The van der Waals surface area contributed by atoms with Crippen molar-refractivity contribution >= 4 is 33.6 Å². The number of aliphatic hydroxyl groups is 2. The maximum absolute atomic E-state index is 13.0. The fourth-order valence-corrected chi connectivity index (χ4v) is 12.2. The van der Waals surface area contributed by atoms with Crippen LogP contribution in [0.2, 0.25) is 0 Å². The molecule has 600 valence electrons. The van der Waals surface area contributed by atoms with E-state index in [0.717, 1.165) is 173 Å². The van der Waals surface area contributed by atoms with Gasteiger partial charge in [0.1, 0.15) is 25.4 Å². The van der Waals surface area contributed by atoms with Crippen LogP contribution in [0.3, 0.4) is 0 Å². The van der Waals surface area contributed by atoms with Crippen LogP contribution >= 0.6 is 15.6 Å². The summed E-state index contributed by atoms with van der Waals surface area (Å²) in [5.74, 6) is -1.62. The largest absolute Gasteiger partial charge is 0.472 e. The fraction of sp³-hybridized carbons (Fsp3) is 0.667. The van der Waals surface area contributed by atoms with Crippen molar-refractivity contribution in [3.05, 3.63) is 158 Å². The normalized spacial score (nSPS) is 14.8. The zero-order valence-corrected chi connectivity index (χ0v) is 67.4. The molecule has 5 atom stereocenters. The van der Waals surface area contributed by atoms with Gasteiger partial charge in [0.05, 0.1) is 26.4 Å². The van der Waals surface area contributed by atoms with E-state index in [2.05, 4.69) is 179 Å². The van der Waals surface area contributed by atoms with E-state index in [1.807, 2.05) is 0 Å². The van der Waals surface area contributed by atoms with E-state index in [-0.39, 0.29) is 19.3 Å². The van der Waals surface area contributed by atoms with Gasteiger partial charge in [0.25, 0.3) is 0 Å². The quantitative estimate of drug-likeness (QED) is 0.0146. The summed E-state index contributed by atoms with van der Waals surface area (Å²) in [6.07, 6.45) is 98.6. The Hall–Kier alpha value is -4.83. The molecule has 0 aliphatic rings. The molecule has 0 aliphatic carbocycles. The lowest BCUT2D eigenvalue weighted by molar-refractivity contribution is -0.161. The third-order valence-electron chi connectivity index (χ3n) is 16.7. The van der Waals surface area contributed by atoms with Crippen LogP contribution in [0.5, 0.6) is 0 Å².